The second-order valence-corrected chi connectivity index (χ2v) is 7.86. The van der Waals surface area contributed by atoms with Crippen molar-refractivity contribution in [3.05, 3.63) is 90.4 Å². The van der Waals surface area contributed by atoms with Gasteiger partial charge in [-0.25, -0.2) is 17.2 Å². The molecule has 0 saturated carbocycles. The molecule has 2 aromatic carbocycles. The van der Waals surface area contributed by atoms with Crippen molar-refractivity contribution < 1.29 is 17.2 Å². The summed E-state index contributed by atoms with van der Waals surface area (Å²) in [6, 6.07) is 14.8. The molecule has 0 spiro atoms. The number of aromatic nitrogens is 3. The third-order valence-electron chi connectivity index (χ3n) is 4.22. The van der Waals surface area contributed by atoms with Crippen LogP contribution >= 0.6 is 0 Å². The smallest absolute Gasteiger partial charge is 0.268 e. The van der Waals surface area contributed by atoms with Crippen molar-refractivity contribution in [2.45, 2.75) is 11.4 Å². The molecule has 0 N–H and O–H groups in total. The van der Waals surface area contributed by atoms with Gasteiger partial charge in [0.05, 0.1) is 12.2 Å². The fourth-order valence-electron chi connectivity index (χ4n) is 2.85. The lowest BCUT2D eigenvalue weighted by Gasteiger charge is -2.25. The van der Waals surface area contributed by atoms with E-state index in [1.54, 1.807) is 42.6 Å². The van der Waals surface area contributed by atoms with E-state index in [0.29, 0.717) is 5.56 Å². The molecule has 0 fully saturated rings. The number of pyridine rings is 1. The molecule has 0 unspecified atom stereocenters. The highest BCUT2D eigenvalue weighted by atomic mass is 32.2. The first-order valence-corrected chi connectivity index (χ1v) is 9.71. The van der Waals surface area contributed by atoms with Gasteiger partial charge in [0.2, 0.25) is 0 Å². The van der Waals surface area contributed by atoms with Gasteiger partial charge in [-0.05, 0) is 29.8 Å². The number of nitrogens with zero attached hydrogens (tertiary/aromatic N) is 4. The average molecular weight is 400 g/mol. The molecule has 142 valence electrons. The minimum atomic E-state index is -4.16. The fourth-order valence-corrected chi connectivity index (χ4v) is 4.43. The standard InChI is InChI=1S/C19H14F2N4O2S/c20-16-9-8-15(11-17(16)21)25(12-14-5-2-1-3-6-14)28(26,27)18-7-4-10-24-13-22-23-19(18)24/h1-11,13H,12H2. The van der Waals surface area contributed by atoms with E-state index in [9.17, 15) is 17.2 Å². The van der Waals surface area contributed by atoms with Crippen molar-refractivity contribution in [3.8, 4) is 0 Å². The topological polar surface area (TPSA) is 67.6 Å². The van der Waals surface area contributed by atoms with E-state index in [4.69, 9.17) is 0 Å². The van der Waals surface area contributed by atoms with Crippen molar-refractivity contribution in [3.63, 3.8) is 0 Å². The monoisotopic (exact) mass is 400 g/mol. The Labute approximate surface area is 159 Å². The first-order chi connectivity index (χ1) is 13.5. The van der Waals surface area contributed by atoms with Crippen LogP contribution in [0.3, 0.4) is 0 Å². The van der Waals surface area contributed by atoms with Gasteiger partial charge in [0.15, 0.2) is 17.3 Å². The molecule has 0 amide bonds. The Bertz CT molecular complexity index is 1240. The Kier molecular flexibility index (Phi) is 4.52. The summed E-state index contributed by atoms with van der Waals surface area (Å²) in [7, 11) is -4.16. The van der Waals surface area contributed by atoms with Crippen LogP contribution in [-0.2, 0) is 16.6 Å². The average Bonchev–Trinajstić information content (AvgIpc) is 3.18. The molecule has 0 aliphatic rings. The Balaban J connectivity index is 1.88. The molecule has 4 aromatic rings. The summed E-state index contributed by atoms with van der Waals surface area (Å²) in [5.41, 5.74) is 0.830. The predicted molar refractivity (Wildman–Crippen MR) is 99.2 cm³/mol. The van der Waals surface area contributed by atoms with Crippen LogP contribution < -0.4 is 4.31 Å². The summed E-state index contributed by atoms with van der Waals surface area (Å²) in [4.78, 5) is -0.0897. The Morgan fingerprint density at radius 2 is 1.75 bits per heavy atom. The SMILES string of the molecule is O=S(=O)(c1cccn2cnnc12)N(Cc1ccccc1)c1ccc(F)c(F)c1. The van der Waals surface area contributed by atoms with Crippen LogP contribution in [0.1, 0.15) is 5.56 Å². The van der Waals surface area contributed by atoms with Crippen LogP contribution in [0.25, 0.3) is 5.65 Å². The molecule has 6 nitrogen and oxygen atoms in total. The van der Waals surface area contributed by atoms with Gasteiger partial charge in [-0.2, -0.15) is 0 Å². The van der Waals surface area contributed by atoms with E-state index in [2.05, 4.69) is 10.2 Å². The first kappa shape index (κ1) is 18.1. The minimum absolute atomic E-state index is 0.00396. The Morgan fingerprint density at radius 3 is 2.50 bits per heavy atom. The van der Waals surface area contributed by atoms with Crippen LogP contribution in [-0.4, -0.2) is 23.0 Å². The highest BCUT2D eigenvalue weighted by molar-refractivity contribution is 7.93. The van der Waals surface area contributed by atoms with Crippen molar-refractivity contribution in [1.29, 1.82) is 0 Å². The molecular weight excluding hydrogens is 386 g/mol. The zero-order valence-electron chi connectivity index (χ0n) is 14.4. The van der Waals surface area contributed by atoms with E-state index in [-0.39, 0.29) is 22.8 Å². The summed E-state index contributed by atoms with van der Waals surface area (Å²) in [5.74, 6) is -2.19. The van der Waals surface area contributed by atoms with Crippen molar-refractivity contribution in [1.82, 2.24) is 14.6 Å². The number of hydrogen-bond donors (Lipinski definition) is 0. The Hall–Kier alpha value is -3.33. The second kappa shape index (κ2) is 7.01. The van der Waals surface area contributed by atoms with E-state index >= 15 is 0 Å². The van der Waals surface area contributed by atoms with Gasteiger partial charge in [-0.1, -0.05) is 30.3 Å². The molecular formula is C19H14F2N4O2S. The quantitative estimate of drug-likeness (QED) is 0.515. The zero-order valence-corrected chi connectivity index (χ0v) is 15.2. The van der Waals surface area contributed by atoms with Gasteiger partial charge in [0.1, 0.15) is 11.2 Å². The molecule has 9 heteroatoms. The molecule has 2 heterocycles. The molecule has 0 aliphatic carbocycles. The first-order valence-electron chi connectivity index (χ1n) is 8.27. The Morgan fingerprint density at radius 1 is 0.964 bits per heavy atom. The van der Waals surface area contributed by atoms with Crippen molar-refractivity contribution in [2.75, 3.05) is 4.31 Å². The highest BCUT2D eigenvalue weighted by Crippen LogP contribution is 2.28. The van der Waals surface area contributed by atoms with E-state index in [1.165, 1.54) is 22.9 Å². The van der Waals surface area contributed by atoms with Crippen LogP contribution in [0.5, 0.6) is 0 Å². The van der Waals surface area contributed by atoms with Crippen molar-refractivity contribution in [2.24, 2.45) is 0 Å². The molecule has 0 atom stereocenters. The van der Waals surface area contributed by atoms with Crippen LogP contribution in [0.15, 0.2) is 78.1 Å². The number of halogens is 2. The molecule has 0 saturated heterocycles. The third-order valence-corrected chi connectivity index (χ3v) is 6.01. The summed E-state index contributed by atoms with van der Waals surface area (Å²) in [6.07, 6.45) is 3.00. The molecule has 0 bridgehead atoms. The maximum atomic E-state index is 13.8. The lowest BCUT2D eigenvalue weighted by molar-refractivity contribution is 0.508. The lowest BCUT2D eigenvalue weighted by atomic mass is 10.2. The maximum Gasteiger partial charge on any atom is 0.268 e. The largest absolute Gasteiger partial charge is 0.288 e. The number of fused-ring (bicyclic) bond motifs is 1. The number of hydrogen-bond acceptors (Lipinski definition) is 4. The predicted octanol–water partition coefficient (Wildman–Crippen LogP) is 3.40. The molecule has 2 aromatic heterocycles. The lowest BCUT2D eigenvalue weighted by Crippen LogP contribution is -2.31. The van der Waals surface area contributed by atoms with Gasteiger partial charge in [-0.15, -0.1) is 10.2 Å². The number of benzene rings is 2. The second-order valence-electron chi connectivity index (χ2n) is 6.03. The summed E-state index contributed by atoms with van der Waals surface area (Å²) in [6.45, 7) is -0.0660. The van der Waals surface area contributed by atoms with Crippen LogP contribution in [0, 0.1) is 11.6 Å². The zero-order chi connectivity index (χ0) is 19.7. The van der Waals surface area contributed by atoms with Gasteiger partial charge in [0.25, 0.3) is 10.0 Å². The van der Waals surface area contributed by atoms with E-state index in [1.807, 2.05) is 0 Å². The van der Waals surface area contributed by atoms with Gasteiger partial charge in [0, 0.05) is 12.3 Å². The van der Waals surface area contributed by atoms with Crippen molar-refractivity contribution >= 4 is 21.4 Å². The highest BCUT2D eigenvalue weighted by Gasteiger charge is 2.29. The summed E-state index contributed by atoms with van der Waals surface area (Å²) in [5, 5.41) is 7.61. The summed E-state index contributed by atoms with van der Waals surface area (Å²) < 4.78 is 56.7. The van der Waals surface area contributed by atoms with E-state index in [0.717, 1.165) is 16.4 Å². The number of anilines is 1. The normalized spacial score (nSPS) is 11.6. The summed E-state index contributed by atoms with van der Waals surface area (Å²) >= 11 is 0. The van der Waals surface area contributed by atoms with Gasteiger partial charge in [-0.3, -0.25) is 8.71 Å². The van der Waals surface area contributed by atoms with Gasteiger partial charge >= 0.3 is 0 Å². The molecule has 28 heavy (non-hydrogen) atoms. The molecule has 0 radical (unpaired) electrons. The maximum absolute atomic E-state index is 13.8. The van der Waals surface area contributed by atoms with E-state index < -0.39 is 21.7 Å². The number of rotatable bonds is 5. The van der Waals surface area contributed by atoms with Crippen LogP contribution in [0.4, 0.5) is 14.5 Å². The van der Waals surface area contributed by atoms with Gasteiger partial charge < -0.3 is 0 Å². The van der Waals surface area contributed by atoms with Crippen LogP contribution in [0.2, 0.25) is 0 Å². The number of sulfonamides is 1. The molecule has 4 rings (SSSR count). The minimum Gasteiger partial charge on any atom is -0.288 e. The molecule has 0 aliphatic heterocycles. The fraction of sp³-hybridized carbons (Fsp3) is 0.0526. The third kappa shape index (κ3) is 3.20.